The molecule has 3 aromatic heterocycles. The number of aromatic nitrogens is 1. The third kappa shape index (κ3) is 3.70. The fraction of sp³-hybridized carbons (Fsp3) is 0.125. The Morgan fingerprint density at radius 1 is 1.09 bits per heavy atom. The van der Waals surface area contributed by atoms with E-state index < -0.39 is 12.0 Å². The van der Waals surface area contributed by atoms with Crippen LogP contribution in [0.25, 0.3) is 11.8 Å². The first-order chi connectivity index (χ1) is 15.7. The third-order valence-corrected chi connectivity index (χ3v) is 7.73. The van der Waals surface area contributed by atoms with Crippen LogP contribution < -0.4 is 14.9 Å². The highest BCUT2D eigenvalue weighted by atomic mass is 32.1. The number of rotatable bonds is 5. The van der Waals surface area contributed by atoms with Gasteiger partial charge in [-0.05, 0) is 35.9 Å². The van der Waals surface area contributed by atoms with Crippen molar-refractivity contribution in [3.8, 4) is 0 Å². The zero-order valence-corrected chi connectivity index (χ0v) is 19.5. The topological polar surface area (TPSA) is 60.7 Å². The molecule has 1 aliphatic rings. The maximum absolute atomic E-state index is 13.5. The van der Waals surface area contributed by atoms with Crippen molar-refractivity contribution in [1.82, 2.24) is 4.57 Å². The lowest BCUT2D eigenvalue weighted by molar-refractivity contribution is -0.138. The van der Waals surface area contributed by atoms with E-state index in [9.17, 15) is 9.59 Å². The SMILES string of the molecule is CCOC(=O)C1=C(c2ccccc2)N=c2sc(=Cc3cccs3)c(=O)n2[C@H]1c1cccs1. The van der Waals surface area contributed by atoms with Crippen molar-refractivity contribution < 1.29 is 9.53 Å². The summed E-state index contributed by atoms with van der Waals surface area (Å²) in [7, 11) is 0. The van der Waals surface area contributed by atoms with E-state index in [4.69, 9.17) is 9.73 Å². The van der Waals surface area contributed by atoms with Gasteiger partial charge in [-0.15, -0.1) is 22.7 Å². The van der Waals surface area contributed by atoms with E-state index in [1.165, 1.54) is 22.7 Å². The maximum Gasteiger partial charge on any atom is 0.338 e. The highest BCUT2D eigenvalue weighted by Crippen LogP contribution is 2.36. The maximum atomic E-state index is 13.5. The Kier molecular flexibility index (Phi) is 5.73. The Balaban J connectivity index is 1.83. The van der Waals surface area contributed by atoms with Crippen LogP contribution in [0.1, 0.15) is 28.3 Å². The van der Waals surface area contributed by atoms with Crippen molar-refractivity contribution >= 4 is 51.8 Å². The molecule has 0 saturated carbocycles. The molecule has 5 rings (SSSR count). The molecule has 0 radical (unpaired) electrons. The Hall–Kier alpha value is -3.07. The third-order valence-electron chi connectivity index (χ3n) is 5.00. The number of benzene rings is 1. The van der Waals surface area contributed by atoms with Crippen LogP contribution in [0.2, 0.25) is 0 Å². The van der Waals surface area contributed by atoms with Crippen LogP contribution in [-0.2, 0) is 9.53 Å². The number of hydrogen-bond donors (Lipinski definition) is 0. The van der Waals surface area contributed by atoms with Crippen molar-refractivity contribution in [3.63, 3.8) is 0 Å². The van der Waals surface area contributed by atoms with Gasteiger partial charge in [-0.1, -0.05) is 53.8 Å². The Morgan fingerprint density at radius 2 is 1.88 bits per heavy atom. The van der Waals surface area contributed by atoms with Gasteiger partial charge in [0, 0.05) is 15.3 Å². The van der Waals surface area contributed by atoms with Gasteiger partial charge in [-0.2, -0.15) is 0 Å². The molecule has 0 saturated heterocycles. The monoisotopic (exact) mass is 478 g/mol. The number of carbonyl (C=O) groups excluding carboxylic acids is 1. The predicted octanol–water partition coefficient (Wildman–Crippen LogP) is 4.06. The molecule has 1 atom stereocenters. The van der Waals surface area contributed by atoms with Gasteiger partial charge in [-0.25, -0.2) is 9.79 Å². The second-order valence-electron chi connectivity index (χ2n) is 6.96. The summed E-state index contributed by atoms with van der Waals surface area (Å²) in [6.45, 7) is 2.02. The fourth-order valence-electron chi connectivity index (χ4n) is 3.66. The lowest BCUT2D eigenvalue weighted by atomic mass is 9.97. The summed E-state index contributed by atoms with van der Waals surface area (Å²) in [4.78, 5) is 34.0. The second kappa shape index (κ2) is 8.82. The van der Waals surface area contributed by atoms with E-state index in [0.29, 0.717) is 20.6 Å². The number of esters is 1. The average molecular weight is 479 g/mol. The quantitative estimate of drug-likeness (QED) is 0.407. The van der Waals surface area contributed by atoms with Crippen molar-refractivity contribution in [2.45, 2.75) is 13.0 Å². The molecule has 0 N–H and O–H groups in total. The molecule has 0 bridgehead atoms. The van der Waals surface area contributed by atoms with Crippen molar-refractivity contribution in [2.75, 3.05) is 6.61 Å². The van der Waals surface area contributed by atoms with Gasteiger partial charge in [0.25, 0.3) is 5.56 Å². The highest BCUT2D eigenvalue weighted by molar-refractivity contribution is 7.11. The molecule has 4 aromatic rings. The first-order valence-electron chi connectivity index (χ1n) is 10.0. The van der Waals surface area contributed by atoms with E-state index in [0.717, 1.165) is 15.3 Å². The summed E-state index contributed by atoms with van der Waals surface area (Å²) in [5.41, 5.74) is 1.59. The average Bonchev–Trinajstić information content (AvgIpc) is 3.57. The molecule has 0 amide bonds. The molecular weight excluding hydrogens is 460 g/mol. The van der Waals surface area contributed by atoms with Crippen molar-refractivity contribution in [1.29, 1.82) is 0 Å². The number of hydrogen-bond acceptors (Lipinski definition) is 7. The van der Waals surface area contributed by atoms with Crippen LogP contribution in [0.15, 0.2) is 80.7 Å². The van der Waals surface area contributed by atoms with Gasteiger partial charge in [0.15, 0.2) is 4.80 Å². The van der Waals surface area contributed by atoms with Gasteiger partial charge in [0.2, 0.25) is 0 Å². The highest BCUT2D eigenvalue weighted by Gasteiger charge is 2.35. The number of carbonyl (C=O) groups is 1. The van der Waals surface area contributed by atoms with Gasteiger partial charge in [0.1, 0.15) is 6.04 Å². The van der Waals surface area contributed by atoms with Gasteiger partial charge in [-0.3, -0.25) is 9.36 Å². The van der Waals surface area contributed by atoms with Gasteiger partial charge in [0.05, 0.1) is 22.4 Å². The molecule has 5 nitrogen and oxygen atoms in total. The first kappa shape index (κ1) is 20.8. The summed E-state index contributed by atoms with van der Waals surface area (Å²) in [6, 6.07) is 16.8. The molecule has 1 aliphatic heterocycles. The van der Waals surface area contributed by atoms with E-state index in [1.807, 2.05) is 71.4 Å². The molecule has 1 aromatic carbocycles. The minimum Gasteiger partial charge on any atom is -0.463 e. The molecular formula is C24H18N2O3S3. The van der Waals surface area contributed by atoms with Crippen molar-refractivity contribution in [2.24, 2.45) is 4.99 Å². The van der Waals surface area contributed by atoms with Crippen LogP contribution >= 0.6 is 34.0 Å². The van der Waals surface area contributed by atoms with Gasteiger partial charge >= 0.3 is 5.97 Å². The zero-order chi connectivity index (χ0) is 22.1. The molecule has 8 heteroatoms. The van der Waals surface area contributed by atoms with E-state index in [1.54, 1.807) is 22.8 Å². The van der Waals surface area contributed by atoms with Crippen molar-refractivity contribution in [3.05, 3.63) is 106 Å². The second-order valence-corrected chi connectivity index (χ2v) is 9.93. The molecule has 0 spiro atoms. The summed E-state index contributed by atoms with van der Waals surface area (Å²) in [5.74, 6) is -0.457. The first-order valence-corrected chi connectivity index (χ1v) is 12.6. The standard InChI is InChI=1S/C24H18N2O3S3/c1-2-29-23(28)19-20(15-8-4-3-5-9-15)25-24-26(21(19)17-11-7-13-31-17)22(27)18(32-24)14-16-10-6-12-30-16/h3-14,21H,2H2,1H3/t21-/m0/s1. The minimum atomic E-state index is -0.592. The number of thiophene rings is 2. The Bertz CT molecular complexity index is 1460. The number of fused-ring (bicyclic) bond motifs is 1. The van der Waals surface area contributed by atoms with Crippen LogP contribution in [0.5, 0.6) is 0 Å². The fourth-order valence-corrected chi connectivity index (χ4v) is 6.21. The van der Waals surface area contributed by atoms with E-state index >= 15 is 0 Å². The molecule has 32 heavy (non-hydrogen) atoms. The number of thiazole rings is 1. The van der Waals surface area contributed by atoms with Crippen LogP contribution in [0.3, 0.4) is 0 Å². The van der Waals surface area contributed by atoms with Crippen LogP contribution in [0.4, 0.5) is 0 Å². The Labute approximate surface area is 195 Å². The summed E-state index contributed by atoms with van der Waals surface area (Å²) in [5, 5.41) is 3.92. The van der Waals surface area contributed by atoms with Crippen LogP contribution in [-0.4, -0.2) is 17.1 Å². The largest absolute Gasteiger partial charge is 0.463 e. The van der Waals surface area contributed by atoms with E-state index in [2.05, 4.69) is 0 Å². The summed E-state index contributed by atoms with van der Waals surface area (Å²) >= 11 is 4.42. The lowest BCUT2D eigenvalue weighted by Gasteiger charge is -2.24. The molecule has 160 valence electrons. The minimum absolute atomic E-state index is 0.158. The summed E-state index contributed by atoms with van der Waals surface area (Å²) < 4.78 is 7.66. The zero-order valence-electron chi connectivity index (χ0n) is 17.1. The predicted molar refractivity (Wildman–Crippen MR) is 130 cm³/mol. The number of nitrogens with zero attached hydrogens (tertiary/aromatic N) is 2. The van der Waals surface area contributed by atoms with Crippen LogP contribution in [0, 0.1) is 0 Å². The normalized spacial score (nSPS) is 16.0. The molecule has 0 fully saturated rings. The Morgan fingerprint density at radius 3 is 2.56 bits per heavy atom. The van der Waals surface area contributed by atoms with E-state index in [-0.39, 0.29) is 12.2 Å². The summed E-state index contributed by atoms with van der Waals surface area (Å²) in [6.07, 6.45) is 1.89. The van der Waals surface area contributed by atoms with Gasteiger partial charge < -0.3 is 4.74 Å². The smallest absolute Gasteiger partial charge is 0.338 e. The molecule has 0 aliphatic carbocycles. The molecule has 4 heterocycles. The number of ether oxygens (including phenoxy) is 1. The molecule has 0 unspecified atom stereocenters. The lowest BCUT2D eigenvalue weighted by Crippen LogP contribution is -2.39.